The Morgan fingerprint density at radius 3 is 1.15 bits per heavy atom. The quantitative estimate of drug-likeness (QED) is 0.375. The first-order chi connectivity index (χ1) is 16.8. The van der Waals surface area contributed by atoms with Crippen molar-refractivity contribution in [2.24, 2.45) is 82.9 Å². The summed E-state index contributed by atoms with van der Waals surface area (Å²) in [7, 11) is 0. The van der Waals surface area contributed by atoms with Crippen LogP contribution in [-0.4, -0.2) is 11.6 Å². The van der Waals surface area contributed by atoms with Gasteiger partial charge in [-0.25, -0.2) is 0 Å². The molecule has 14 atom stereocenters. The standard InChI is InChI=1S/C30H42O2.C2H6/c31-29-17-9-3-1-7-15(17)25-23-19(11-5-13-21(23)29)28-26-16-8-2-4-10-18(16)30(32)22-14-6-12-20(24(22)26)27(25)28;1-2/h15-28H,1-14H2;1-2H3. The molecule has 0 aromatic heterocycles. The third-order valence-corrected chi connectivity index (χ3v) is 13.3. The van der Waals surface area contributed by atoms with Gasteiger partial charge in [0.25, 0.3) is 0 Å². The van der Waals surface area contributed by atoms with Crippen LogP contribution in [-0.2, 0) is 9.59 Å². The fraction of sp³-hybridized carbons (Fsp3) is 0.938. The van der Waals surface area contributed by atoms with Crippen molar-refractivity contribution in [3.63, 3.8) is 0 Å². The number of carbonyl (C=O) groups excluding carboxylic acids is 2. The van der Waals surface area contributed by atoms with E-state index in [4.69, 9.17) is 0 Å². The average Bonchev–Trinajstić information content (AvgIpc) is 3.42. The predicted octanol–water partition coefficient (Wildman–Crippen LogP) is 7.35. The highest BCUT2D eigenvalue weighted by molar-refractivity contribution is 5.86. The van der Waals surface area contributed by atoms with Gasteiger partial charge < -0.3 is 0 Å². The molecule has 8 fully saturated rings. The summed E-state index contributed by atoms with van der Waals surface area (Å²) in [4.78, 5) is 27.5. The third-order valence-electron chi connectivity index (χ3n) is 13.3. The van der Waals surface area contributed by atoms with Crippen molar-refractivity contribution in [2.75, 3.05) is 0 Å². The molecule has 2 nitrogen and oxygen atoms in total. The first-order valence-corrected chi connectivity index (χ1v) is 15.8. The molecular weight excluding hydrogens is 416 g/mol. The van der Waals surface area contributed by atoms with Crippen molar-refractivity contribution < 1.29 is 9.59 Å². The van der Waals surface area contributed by atoms with Gasteiger partial charge in [-0.2, -0.15) is 0 Å². The lowest BCUT2D eigenvalue weighted by Crippen LogP contribution is -2.54. The summed E-state index contributed by atoms with van der Waals surface area (Å²) in [6.07, 6.45) is 18.3. The molecule has 2 heteroatoms. The van der Waals surface area contributed by atoms with E-state index in [1.54, 1.807) is 0 Å². The van der Waals surface area contributed by atoms with Crippen molar-refractivity contribution in [1.82, 2.24) is 0 Å². The normalized spacial score (nSPS) is 56.8. The van der Waals surface area contributed by atoms with Crippen LogP contribution in [0, 0.1) is 82.9 Å². The lowest BCUT2D eigenvalue weighted by atomic mass is 9.49. The van der Waals surface area contributed by atoms with E-state index in [-0.39, 0.29) is 0 Å². The molecule has 8 aliphatic carbocycles. The van der Waals surface area contributed by atoms with Crippen LogP contribution in [0.4, 0.5) is 0 Å². The summed E-state index contributed by atoms with van der Waals surface area (Å²) < 4.78 is 0. The van der Waals surface area contributed by atoms with E-state index in [9.17, 15) is 9.59 Å². The summed E-state index contributed by atoms with van der Waals surface area (Å²) in [5, 5.41) is 0. The minimum Gasteiger partial charge on any atom is -0.299 e. The zero-order valence-corrected chi connectivity index (χ0v) is 21.8. The summed E-state index contributed by atoms with van der Waals surface area (Å²) in [6, 6.07) is 0. The minimum absolute atomic E-state index is 0.415. The van der Waals surface area contributed by atoms with Gasteiger partial charge in [0.2, 0.25) is 0 Å². The Bertz CT molecular complexity index is 763. The third kappa shape index (κ3) is 2.81. The highest BCUT2D eigenvalue weighted by Gasteiger charge is 2.72. The van der Waals surface area contributed by atoms with Gasteiger partial charge in [-0.15, -0.1) is 0 Å². The number of rotatable bonds is 0. The van der Waals surface area contributed by atoms with Crippen LogP contribution in [0.2, 0.25) is 0 Å². The lowest BCUT2D eigenvalue weighted by Gasteiger charge is -2.54. The molecule has 0 N–H and O–H groups in total. The molecular formula is C32H48O2. The molecule has 0 aromatic carbocycles. The van der Waals surface area contributed by atoms with E-state index >= 15 is 0 Å². The average molecular weight is 465 g/mol. The zero-order valence-electron chi connectivity index (χ0n) is 21.8. The molecule has 0 amide bonds. The number of carbonyl (C=O) groups is 2. The minimum atomic E-state index is 0.415. The van der Waals surface area contributed by atoms with Gasteiger partial charge in [0, 0.05) is 23.7 Å². The van der Waals surface area contributed by atoms with Gasteiger partial charge >= 0.3 is 0 Å². The van der Waals surface area contributed by atoms with Crippen LogP contribution in [0.25, 0.3) is 0 Å². The molecule has 0 saturated heterocycles. The Balaban J connectivity index is 0.000000977. The van der Waals surface area contributed by atoms with Gasteiger partial charge in [0.1, 0.15) is 11.6 Å². The van der Waals surface area contributed by atoms with E-state index in [2.05, 4.69) is 0 Å². The van der Waals surface area contributed by atoms with Crippen molar-refractivity contribution in [2.45, 2.75) is 104 Å². The molecule has 8 rings (SSSR count). The number of fused-ring (bicyclic) bond motifs is 9. The van der Waals surface area contributed by atoms with E-state index in [0.29, 0.717) is 35.5 Å². The Morgan fingerprint density at radius 1 is 0.382 bits per heavy atom. The van der Waals surface area contributed by atoms with E-state index < -0.39 is 0 Å². The van der Waals surface area contributed by atoms with Crippen LogP contribution < -0.4 is 0 Å². The highest BCUT2D eigenvalue weighted by Crippen LogP contribution is 2.75. The monoisotopic (exact) mass is 464 g/mol. The van der Waals surface area contributed by atoms with E-state index in [1.165, 1.54) is 89.9 Å². The SMILES string of the molecule is CC.O=C1C2CCCCC2C2C3C1CCCC3C1C3C4CCCCC4C(=O)C4CCCC(C43)C21. The number of Topliss-reactive ketones (excluding diaryl/α,β-unsaturated/α-hetero) is 2. The first-order valence-electron chi connectivity index (χ1n) is 15.8. The van der Waals surface area contributed by atoms with Crippen LogP contribution in [0.15, 0.2) is 0 Å². The predicted molar refractivity (Wildman–Crippen MR) is 135 cm³/mol. The van der Waals surface area contributed by atoms with Crippen LogP contribution in [0.5, 0.6) is 0 Å². The molecule has 0 aromatic rings. The maximum Gasteiger partial charge on any atom is 0.139 e. The molecule has 8 aliphatic rings. The van der Waals surface area contributed by atoms with Gasteiger partial charge in [-0.1, -0.05) is 52.4 Å². The van der Waals surface area contributed by atoms with Gasteiger partial charge in [0.15, 0.2) is 0 Å². The lowest BCUT2D eigenvalue weighted by molar-refractivity contribution is -0.149. The molecule has 188 valence electrons. The summed E-state index contributed by atoms with van der Waals surface area (Å²) >= 11 is 0. The van der Waals surface area contributed by atoms with Gasteiger partial charge in [-0.05, 0) is 111 Å². The summed E-state index contributed by atoms with van der Waals surface area (Å²) in [5.74, 6) is 11.2. The fourth-order valence-corrected chi connectivity index (χ4v) is 13.0. The Labute approximate surface area is 207 Å². The second-order valence-electron chi connectivity index (χ2n) is 13.8. The van der Waals surface area contributed by atoms with Crippen LogP contribution in [0.1, 0.15) is 104 Å². The first kappa shape index (κ1) is 22.5. The highest BCUT2D eigenvalue weighted by atomic mass is 16.1. The molecule has 14 unspecified atom stereocenters. The Hall–Kier alpha value is -0.660. The van der Waals surface area contributed by atoms with Crippen molar-refractivity contribution >= 4 is 11.6 Å². The van der Waals surface area contributed by atoms with Crippen LogP contribution in [0.3, 0.4) is 0 Å². The summed E-state index contributed by atoms with van der Waals surface area (Å²) in [5.41, 5.74) is 0. The summed E-state index contributed by atoms with van der Waals surface area (Å²) in [6.45, 7) is 4.00. The molecule has 34 heavy (non-hydrogen) atoms. The topological polar surface area (TPSA) is 34.1 Å². The smallest absolute Gasteiger partial charge is 0.139 e. The maximum absolute atomic E-state index is 13.8. The molecule has 0 aliphatic heterocycles. The molecule has 0 heterocycles. The zero-order chi connectivity index (χ0) is 23.1. The fourth-order valence-electron chi connectivity index (χ4n) is 13.0. The molecule has 0 bridgehead atoms. The number of ketones is 2. The number of hydrogen-bond donors (Lipinski definition) is 0. The second kappa shape index (κ2) is 8.44. The van der Waals surface area contributed by atoms with Crippen molar-refractivity contribution in [1.29, 1.82) is 0 Å². The Morgan fingerprint density at radius 2 is 0.706 bits per heavy atom. The van der Waals surface area contributed by atoms with Crippen molar-refractivity contribution in [3.05, 3.63) is 0 Å². The molecule has 8 saturated carbocycles. The van der Waals surface area contributed by atoms with Crippen LogP contribution >= 0.6 is 0 Å². The molecule has 0 spiro atoms. The van der Waals surface area contributed by atoms with Crippen molar-refractivity contribution in [3.8, 4) is 0 Å². The van der Waals surface area contributed by atoms with Gasteiger partial charge in [0.05, 0.1) is 0 Å². The van der Waals surface area contributed by atoms with E-state index in [1.807, 2.05) is 13.8 Å². The van der Waals surface area contributed by atoms with Gasteiger partial charge in [-0.3, -0.25) is 9.59 Å². The van der Waals surface area contributed by atoms with E-state index in [0.717, 1.165) is 58.9 Å². The second-order valence-corrected chi connectivity index (χ2v) is 13.8. The largest absolute Gasteiger partial charge is 0.299 e. The molecule has 0 radical (unpaired) electrons. The Kier molecular flexibility index (Phi) is 5.59. The number of hydrogen-bond acceptors (Lipinski definition) is 2. The maximum atomic E-state index is 13.8.